The van der Waals surface area contributed by atoms with Crippen molar-refractivity contribution in [2.75, 3.05) is 12.3 Å². The number of carbonyl (C=O) groups excluding carboxylic acids is 2. The van der Waals surface area contributed by atoms with Gasteiger partial charge < -0.3 is 10.5 Å². The molecular weight excluding hydrogens is 398 g/mol. The van der Waals surface area contributed by atoms with Gasteiger partial charge in [-0.3, -0.25) is 4.79 Å². The van der Waals surface area contributed by atoms with E-state index in [9.17, 15) is 9.59 Å². The normalized spacial score (nSPS) is 10.5. The van der Waals surface area contributed by atoms with Gasteiger partial charge in [0.2, 0.25) is 0 Å². The van der Waals surface area contributed by atoms with Crippen LogP contribution >= 0.6 is 15.9 Å². The molecule has 0 atom stereocenters. The van der Waals surface area contributed by atoms with Crippen molar-refractivity contribution in [2.24, 2.45) is 0 Å². The summed E-state index contributed by atoms with van der Waals surface area (Å²) in [6.07, 6.45) is 0. The molecule has 26 heavy (non-hydrogen) atoms. The molecule has 0 aliphatic carbocycles. The van der Waals surface area contributed by atoms with Crippen molar-refractivity contribution in [1.29, 1.82) is 0 Å². The quantitative estimate of drug-likeness (QED) is 0.657. The Balaban J connectivity index is 2.19. The van der Waals surface area contributed by atoms with Gasteiger partial charge in [-0.25, -0.2) is 4.79 Å². The number of halogens is 1. The summed E-state index contributed by atoms with van der Waals surface area (Å²) in [5, 5.41) is 4.12. The van der Waals surface area contributed by atoms with E-state index in [4.69, 9.17) is 10.5 Å². The molecule has 0 aliphatic heterocycles. The van der Waals surface area contributed by atoms with Gasteiger partial charge in [0.15, 0.2) is 5.82 Å². The van der Waals surface area contributed by atoms with Crippen LogP contribution in [0.3, 0.4) is 0 Å². The number of hydrogen-bond donors (Lipinski definition) is 1. The molecule has 1 aromatic heterocycles. The maximum Gasteiger partial charge on any atom is 0.344 e. The van der Waals surface area contributed by atoms with Gasteiger partial charge >= 0.3 is 5.97 Å². The first-order chi connectivity index (χ1) is 12.5. The van der Waals surface area contributed by atoms with E-state index in [0.717, 1.165) is 9.15 Å². The summed E-state index contributed by atoms with van der Waals surface area (Å²) in [7, 11) is 0. The first-order valence-electron chi connectivity index (χ1n) is 7.94. The summed E-state index contributed by atoms with van der Waals surface area (Å²) in [4.78, 5) is 25.4. The van der Waals surface area contributed by atoms with Gasteiger partial charge in [0.25, 0.3) is 5.91 Å². The fourth-order valence-electron chi connectivity index (χ4n) is 2.56. The Hall–Kier alpha value is -2.93. The number of nitrogens with two attached hydrogens (primary N) is 1. The Morgan fingerprint density at radius 2 is 1.77 bits per heavy atom. The summed E-state index contributed by atoms with van der Waals surface area (Å²) in [5.74, 6) is -1.05. The highest BCUT2D eigenvalue weighted by molar-refractivity contribution is 9.10. The van der Waals surface area contributed by atoms with Crippen molar-refractivity contribution < 1.29 is 14.3 Å². The van der Waals surface area contributed by atoms with E-state index >= 15 is 0 Å². The van der Waals surface area contributed by atoms with E-state index in [0.29, 0.717) is 16.8 Å². The van der Waals surface area contributed by atoms with E-state index in [1.54, 1.807) is 43.3 Å². The van der Waals surface area contributed by atoms with Crippen LogP contribution in [-0.2, 0) is 4.74 Å². The zero-order valence-electron chi connectivity index (χ0n) is 14.0. The Morgan fingerprint density at radius 1 is 1.12 bits per heavy atom. The minimum absolute atomic E-state index is 0.0484. The van der Waals surface area contributed by atoms with Crippen LogP contribution in [0.1, 0.15) is 27.6 Å². The summed E-state index contributed by atoms with van der Waals surface area (Å²) >= 11 is 3.34. The molecular formula is C19H16BrN3O3. The maximum atomic E-state index is 13.0. The zero-order valence-corrected chi connectivity index (χ0v) is 15.6. The Bertz CT molecular complexity index is 950. The molecule has 0 aliphatic rings. The molecule has 0 saturated carbocycles. The van der Waals surface area contributed by atoms with Crippen LogP contribution in [0, 0.1) is 0 Å². The molecule has 0 unspecified atom stereocenters. The molecule has 3 rings (SSSR count). The molecule has 0 fully saturated rings. The van der Waals surface area contributed by atoms with E-state index in [-0.39, 0.29) is 18.0 Å². The average molecular weight is 414 g/mol. The summed E-state index contributed by atoms with van der Waals surface area (Å²) < 4.78 is 7.10. The molecule has 7 heteroatoms. The van der Waals surface area contributed by atoms with E-state index in [1.807, 2.05) is 18.2 Å². The van der Waals surface area contributed by atoms with Crippen molar-refractivity contribution in [3.05, 3.63) is 70.2 Å². The molecule has 0 radical (unpaired) electrons. The lowest BCUT2D eigenvalue weighted by Crippen LogP contribution is -2.16. The largest absolute Gasteiger partial charge is 0.462 e. The topological polar surface area (TPSA) is 87.2 Å². The second-order valence-corrected chi connectivity index (χ2v) is 6.33. The minimum atomic E-state index is -0.612. The van der Waals surface area contributed by atoms with Gasteiger partial charge in [0.1, 0.15) is 5.56 Å². The van der Waals surface area contributed by atoms with Crippen molar-refractivity contribution in [3.63, 3.8) is 0 Å². The molecule has 0 bridgehead atoms. The molecule has 0 amide bonds. The van der Waals surface area contributed by atoms with Crippen LogP contribution in [-0.4, -0.2) is 28.3 Å². The molecule has 1 heterocycles. The van der Waals surface area contributed by atoms with Crippen molar-refractivity contribution >= 4 is 33.6 Å². The fraction of sp³-hybridized carbons (Fsp3) is 0.105. The summed E-state index contributed by atoms with van der Waals surface area (Å²) in [6.45, 7) is 1.89. The van der Waals surface area contributed by atoms with Crippen molar-refractivity contribution in [1.82, 2.24) is 9.78 Å². The number of nitrogens with zero attached hydrogens (tertiary/aromatic N) is 2. The third-order valence-corrected chi connectivity index (χ3v) is 4.25. The van der Waals surface area contributed by atoms with Gasteiger partial charge in [-0.2, -0.15) is 4.68 Å². The fourth-order valence-corrected chi connectivity index (χ4v) is 2.83. The van der Waals surface area contributed by atoms with Gasteiger partial charge in [0.05, 0.1) is 12.3 Å². The van der Waals surface area contributed by atoms with E-state index < -0.39 is 11.9 Å². The number of carbonyl (C=O) groups is 2. The zero-order chi connectivity index (χ0) is 18.7. The highest BCUT2D eigenvalue weighted by Gasteiger charge is 2.27. The summed E-state index contributed by atoms with van der Waals surface area (Å²) in [6, 6.07) is 15.9. The maximum absolute atomic E-state index is 13.0. The number of aromatic nitrogens is 2. The van der Waals surface area contributed by atoms with Crippen LogP contribution in [0.2, 0.25) is 0 Å². The first-order valence-corrected chi connectivity index (χ1v) is 8.73. The molecule has 3 aromatic rings. The van der Waals surface area contributed by atoms with Crippen LogP contribution in [0.15, 0.2) is 59.1 Å². The van der Waals surface area contributed by atoms with Crippen LogP contribution in [0.25, 0.3) is 11.3 Å². The predicted octanol–water partition coefficient (Wildman–Crippen LogP) is 3.76. The molecule has 2 aromatic carbocycles. The molecule has 0 spiro atoms. The number of nitrogen functional groups attached to an aromatic ring is 1. The third kappa shape index (κ3) is 3.39. The molecule has 0 saturated heterocycles. The monoisotopic (exact) mass is 413 g/mol. The second kappa shape index (κ2) is 7.53. The van der Waals surface area contributed by atoms with Crippen LogP contribution in [0.4, 0.5) is 5.82 Å². The Morgan fingerprint density at radius 3 is 2.38 bits per heavy atom. The Labute approximate surface area is 158 Å². The van der Waals surface area contributed by atoms with E-state index in [2.05, 4.69) is 21.0 Å². The lowest BCUT2D eigenvalue weighted by Gasteiger charge is -2.09. The van der Waals surface area contributed by atoms with E-state index in [1.165, 1.54) is 0 Å². The number of rotatable bonds is 4. The highest BCUT2D eigenvalue weighted by atomic mass is 79.9. The number of esters is 1. The Kier molecular flexibility index (Phi) is 5.18. The lowest BCUT2D eigenvalue weighted by atomic mass is 10.1. The average Bonchev–Trinajstić information content (AvgIpc) is 3.00. The smallest absolute Gasteiger partial charge is 0.344 e. The van der Waals surface area contributed by atoms with Crippen molar-refractivity contribution in [3.8, 4) is 11.3 Å². The number of ether oxygens (including phenoxy) is 1. The highest BCUT2D eigenvalue weighted by Crippen LogP contribution is 2.29. The lowest BCUT2D eigenvalue weighted by molar-refractivity contribution is 0.0528. The van der Waals surface area contributed by atoms with Gasteiger partial charge in [-0.1, -0.05) is 46.3 Å². The predicted molar refractivity (Wildman–Crippen MR) is 102 cm³/mol. The van der Waals surface area contributed by atoms with Crippen molar-refractivity contribution in [2.45, 2.75) is 6.92 Å². The SMILES string of the molecule is CCOC(=O)c1c(N)nn(C(=O)c2ccc(Br)cc2)c1-c1ccccc1. The van der Waals surface area contributed by atoms with Crippen LogP contribution < -0.4 is 5.73 Å². The molecule has 2 N–H and O–H groups in total. The molecule has 6 nitrogen and oxygen atoms in total. The van der Waals surface area contributed by atoms with Crippen LogP contribution in [0.5, 0.6) is 0 Å². The first kappa shape index (κ1) is 17.9. The molecule has 132 valence electrons. The number of hydrogen-bond acceptors (Lipinski definition) is 5. The van der Waals surface area contributed by atoms with Gasteiger partial charge in [-0.15, -0.1) is 5.10 Å². The van der Waals surface area contributed by atoms with Gasteiger partial charge in [0, 0.05) is 15.6 Å². The minimum Gasteiger partial charge on any atom is -0.462 e. The number of anilines is 1. The second-order valence-electron chi connectivity index (χ2n) is 5.42. The number of benzene rings is 2. The third-order valence-electron chi connectivity index (χ3n) is 3.72. The van der Waals surface area contributed by atoms with Gasteiger partial charge in [-0.05, 0) is 31.2 Å². The summed E-state index contributed by atoms with van der Waals surface area (Å²) in [5.41, 5.74) is 7.42. The standard InChI is InChI=1S/C19H16BrN3O3/c1-2-26-19(25)15-16(12-6-4-3-5-7-12)23(22-17(15)21)18(24)13-8-10-14(20)11-9-13/h3-11H,2H2,1H3,(H2,21,22).